The molecule has 0 aromatic heterocycles. The molecule has 0 atom stereocenters. The zero-order valence-corrected chi connectivity index (χ0v) is 11.1. The molecule has 0 unspecified atom stereocenters. The monoisotopic (exact) mass is 335 g/mol. The first-order chi connectivity index (χ1) is 8.07. The molecule has 1 N–H and O–H groups in total. The van der Waals surface area contributed by atoms with Crippen LogP contribution in [0.15, 0.2) is 6.07 Å². The highest BCUT2D eigenvalue weighted by Crippen LogP contribution is 2.45. The maximum absolute atomic E-state index is 13.6. The third-order valence-corrected chi connectivity index (χ3v) is 2.90. The van der Waals surface area contributed by atoms with Crippen molar-refractivity contribution in [3.63, 3.8) is 0 Å². The summed E-state index contributed by atoms with van der Waals surface area (Å²) in [6.45, 7) is 0. The number of nitrogens with zero attached hydrogens (tertiary/aromatic N) is 1. The van der Waals surface area contributed by atoms with E-state index in [0.29, 0.717) is 6.07 Å². The molecule has 0 heterocycles. The highest BCUT2D eigenvalue weighted by atomic mass is 35.6. The predicted octanol–water partition coefficient (Wildman–Crippen LogP) is 3.91. The molecular formula is C8H2Cl4FNO4. The first-order valence-electron chi connectivity index (χ1n) is 4.04. The minimum Gasteiger partial charge on any atom is -0.478 e. The van der Waals surface area contributed by atoms with E-state index in [1.54, 1.807) is 0 Å². The van der Waals surface area contributed by atoms with Gasteiger partial charge in [-0.3, -0.25) is 10.1 Å². The molecule has 1 rings (SSSR count). The van der Waals surface area contributed by atoms with Gasteiger partial charge in [0.05, 0.1) is 9.95 Å². The summed E-state index contributed by atoms with van der Waals surface area (Å²) in [5.74, 6) is -3.41. The molecule has 98 valence electrons. The van der Waals surface area contributed by atoms with Crippen molar-refractivity contribution in [2.45, 2.75) is 3.79 Å². The Labute approximate surface area is 119 Å². The maximum Gasteiger partial charge on any atom is 0.340 e. The number of hydrogen-bond donors (Lipinski definition) is 1. The molecule has 1 aromatic rings. The second-order valence-electron chi connectivity index (χ2n) is 3.01. The minimum absolute atomic E-state index is 0.486. The van der Waals surface area contributed by atoms with Crippen molar-refractivity contribution in [3.8, 4) is 0 Å². The standard InChI is InChI=1S/C8H2Cl4FNO4/c9-5-2(8(10,11)12)1-3(14(17)18)6(13)4(5)7(15)16/h1H,(H,15,16). The van der Waals surface area contributed by atoms with Gasteiger partial charge in [0.1, 0.15) is 5.56 Å². The van der Waals surface area contributed by atoms with Gasteiger partial charge in [-0.2, -0.15) is 4.39 Å². The Morgan fingerprint density at radius 2 is 1.94 bits per heavy atom. The van der Waals surface area contributed by atoms with Gasteiger partial charge >= 0.3 is 11.7 Å². The fourth-order valence-electron chi connectivity index (χ4n) is 1.15. The molecule has 0 amide bonds. The van der Waals surface area contributed by atoms with Crippen molar-refractivity contribution in [2.24, 2.45) is 0 Å². The van der Waals surface area contributed by atoms with Crippen molar-refractivity contribution in [1.29, 1.82) is 0 Å². The fraction of sp³-hybridized carbons (Fsp3) is 0.125. The number of halogens is 5. The molecule has 0 aliphatic rings. The fourth-order valence-corrected chi connectivity index (χ4v) is 2.10. The first kappa shape index (κ1) is 15.2. The van der Waals surface area contributed by atoms with Crippen LogP contribution in [0.4, 0.5) is 10.1 Å². The van der Waals surface area contributed by atoms with Crippen molar-refractivity contribution in [2.75, 3.05) is 0 Å². The molecule has 0 radical (unpaired) electrons. The topological polar surface area (TPSA) is 80.4 Å². The Hall–Kier alpha value is -0.820. The van der Waals surface area contributed by atoms with Gasteiger partial charge in [-0.1, -0.05) is 46.4 Å². The smallest absolute Gasteiger partial charge is 0.340 e. The molecule has 0 saturated heterocycles. The number of carboxylic acid groups (broad SMARTS) is 1. The maximum atomic E-state index is 13.6. The van der Waals surface area contributed by atoms with Gasteiger partial charge in [-0.15, -0.1) is 0 Å². The SMILES string of the molecule is O=C(O)c1c(F)c([N+](=O)[O-])cc(C(Cl)(Cl)Cl)c1Cl. The summed E-state index contributed by atoms with van der Waals surface area (Å²) >= 11 is 22.0. The predicted molar refractivity (Wildman–Crippen MR) is 64.3 cm³/mol. The number of rotatable bonds is 2. The summed E-state index contributed by atoms with van der Waals surface area (Å²) < 4.78 is 11.3. The van der Waals surface area contributed by atoms with Gasteiger partial charge in [-0.25, -0.2) is 4.79 Å². The summed E-state index contributed by atoms with van der Waals surface area (Å²) in [5, 5.41) is 18.7. The second kappa shape index (κ2) is 5.05. The van der Waals surface area contributed by atoms with Crippen LogP contribution < -0.4 is 0 Å². The molecule has 0 bridgehead atoms. The molecular weight excluding hydrogens is 335 g/mol. The van der Waals surface area contributed by atoms with Crippen LogP contribution in [0.5, 0.6) is 0 Å². The van der Waals surface area contributed by atoms with E-state index in [1.165, 1.54) is 0 Å². The first-order valence-corrected chi connectivity index (χ1v) is 5.55. The third-order valence-electron chi connectivity index (χ3n) is 1.90. The number of nitro groups is 1. The number of nitro benzene ring substituents is 1. The van der Waals surface area contributed by atoms with Crippen molar-refractivity contribution < 1.29 is 19.2 Å². The highest BCUT2D eigenvalue weighted by molar-refractivity contribution is 6.67. The molecule has 10 heteroatoms. The van der Waals surface area contributed by atoms with Crippen LogP contribution in [-0.4, -0.2) is 16.0 Å². The quantitative estimate of drug-likeness (QED) is 0.504. The normalized spacial score (nSPS) is 11.4. The van der Waals surface area contributed by atoms with E-state index in [4.69, 9.17) is 51.5 Å². The van der Waals surface area contributed by atoms with Crippen molar-refractivity contribution >= 4 is 58.1 Å². The summed E-state index contributed by atoms with van der Waals surface area (Å²) in [6.07, 6.45) is 0. The molecule has 0 fully saturated rings. The minimum atomic E-state index is -2.22. The van der Waals surface area contributed by atoms with Crippen LogP contribution in [-0.2, 0) is 3.79 Å². The van der Waals surface area contributed by atoms with E-state index in [0.717, 1.165) is 0 Å². The van der Waals surface area contributed by atoms with E-state index in [2.05, 4.69) is 0 Å². The van der Waals surface area contributed by atoms with Crippen molar-refractivity contribution in [1.82, 2.24) is 0 Å². The Bertz CT molecular complexity index is 543. The van der Waals surface area contributed by atoms with Crippen LogP contribution in [0.2, 0.25) is 5.02 Å². The van der Waals surface area contributed by atoms with Gasteiger partial charge < -0.3 is 5.11 Å². The van der Waals surface area contributed by atoms with Gasteiger partial charge in [0.2, 0.25) is 9.61 Å². The molecule has 1 aromatic carbocycles. The van der Waals surface area contributed by atoms with Crippen LogP contribution in [0.25, 0.3) is 0 Å². The molecule has 5 nitrogen and oxygen atoms in total. The van der Waals surface area contributed by atoms with Crippen LogP contribution in [0, 0.1) is 15.9 Å². The Morgan fingerprint density at radius 3 is 2.28 bits per heavy atom. The van der Waals surface area contributed by atoms with Crippen LogP contribution >= 0.6 is 46.4 Å². The second-order valence-corrected chi connectivity index (χ2v) is 5.67. The summed E-state index contributed by atoms with van der Waals surface area (Å²) in [6, 6.07) is 0.580. The summed E-state index contributed by atoms with van der Waals surface area (Å²) in [7, 11) is 0. The lowest BCUT2D eigenvalue weighted by Crippen LogP contribution is -2.11. The lowest BCUT2D eigenvalue weighted by molar-refractivity contribution is -0.387. The Morgan fingerprint density at radius 1 is 1.44 bits per heavy atom. The van der Waals surface area contributed by atoms with Crippen molar-refractivity contribution in [3.05, 3.63) is 38.1 Å². The molecule has 0 spiro atoms. The number of aromatic carboxylic acids is 1. The zero-order chi connectivity index (χ0) is 14.2. The number of benzene rings is 1. The van der Waals surface area contributed by atoms with Gasteiger partial charge in [0.15, 0.2) is 0 Å². The summed E-state index contributed by atoms with van der Waals surface area (Å²) in [4.78, 5) is 20.3. The molecule has 0 aliphatic heterocycles. The van der Waals surface area contributed by atoms with Gasteiger partial charge in [-0.05, 0) is 0 Å². The lowest BCUT2D eigenvalue weighted by Gasteiger charge is -2.15. The zero-order valence-electron chi connectivity index (χ0n) is 8.09. The number of hydrogen-bond acceptors (Lipinski definition) is 3. The van der Waals surface area contributed by atoms with Crippen LogP contribution in [0.1, 0.15) is 15.9 Å². The molecule has 0 saturated carbocycles. The lowest BCUT2D eigenvalue weighted by atomic mass is 10.1. The largest absolute Gasteiger partial charge is 0.478 e. The van der Waals surface area contributed by atoms with Crippen LogP contribution in [0.3, 0.4) is 0 Å². The van der Waals surface area contributed by atoms with E-state index in [-0.39, 0.29) is 0 Å². The van der Waals surface area contributed by atoms with Gasteiger partial charge in [0, 0.05) is 11.6 Å². The van der Waals surface area contributed by atoms with E-state index < -0.39 is 42.3 Å². The van der Waals surface area contributed by atoms with E-state index >= 15 is 0 Å². The average molecular weight is 337 g/mol. The Kier molecular flexibility index (Phi) is 4.27. The highest BCUT2D eigenvalue weighted by Gasteiger charge is 2.35. The van der Waals surface area contributed by atoms with E-state index in [9.17, 15) is 19.3 Å². The summed E-state index contributed by atoms with van der Waals surface area (Å²) in [5.41, 5.74) is -2.75. The number of carbonyl (C=O) groups is 1. The third kappa shape index (κ3) is 2.77. The molecule has 0 aliphatic carbocycles. The Balaban J connectivity index is 3.78. The van der Waals surface area contributed by atoms with E-state index in [1.807, 2.05) is 0 Å². The van der Waals surface area contributed by atoms with Gasteiger partial charge in [0.25, 0.3) is 0 Å². The number of carboxylic acids is 1. The number of alkyl halides is 3. The average Bonchev–Trinajstić information content (AvgIpc) is 2.13. The molecule has 18 heavy (non-hydrogen) atoms.